The molecule has 10 heteroatoms. The number of ether oxygens (including phenoxy) is 1. The lowest BCUT2D eigenvalue weighted by Gasteiger charge is -2.19. The van der Waals surface area contributed by atoms with Gasteiger partial charge in [-0.3, -0.25) is 20.1 Å². The quantitative estimate of drug-likeness (QED) is 0.639. The Morgan fingerprint density at radius 1 is 1.00 bits per heavy atom. The molecule has 0 aromatic carbocycles. The molecule has 0 aliphatic rings. The van der Waals surface area contributed by atoms with Gasteiger partial charge in [0.1, 0.15) is 5.60 Å². The van der Waals surface area contributed by atoms with E-state index in [4.69, 9.17) is 4.74 Å². The van der Waals surface area contributed by atoms with Gasteiger partial charge in [-0.25, -0.2) is 14.5 Å². The van der Waals surface area contributed by atoms with Crippen molar-refractivity contribution in [1.82, 2.24) is 30.0 Å². The lowest BCUT2D eigenvalue weighted by atomic mass is 10.1. The van der Waals surface area contributed by atoms with Crippen molar-refractivity contribution in [1.29, 1.82) is 0 Å². The third kappa shape index (κ3) is 6.10. The molecule has 0 bridgehead atoms. The number of hydrogen-bond donors (Lipinski definition) is 2. The summed E-state index contributed by atoms with van der Waals surface area (Å²) >= 11 is 0. The van der Waals surface area contributed by atoms with E-state index in [2.05, 4.69) is 30.7 Å². The minimum atomic E-state index is -0.606. The van der Waals surface area contributed by atoms with Gasteiger partial charge in [0.25, 0.3) is 5.91 Å². The number of hydrogen-bond acceptors (Lipinski definition) is 7. The molecule has 3 aromatic rings. The van der Waals surface area contributed by atoms with Crippen molar-refractivity contribution in [3.05, 3.63) is 48.7 Å². The van der Waals surface area contributed by atoms with Crippen LogP contribution in [0.4, 0.5) is 10.5 Å². The lowest BCUT2D eigenvalue weighted by Crippen LogP contribution is -2.40. The summed E-state index contributed by atoms with van der Waals surface area (Å²) in [6, 6.07) is 5.04. The monoisotopic (exact) mass is 437 g/mol. The Balaban J connectivity index is 1.92. The predicted molar refractivity (Wildman–Crippen MR) is 119 cm³/mol. The molecule has 3 aromatic heterocycles. The largest absolute Gasteiger partial charge is 0.444 e. The zero-order chi connectivity index (χ0) is 23.5. The normalized spacial score (nSPS) is 11.7. The van der Waals surface area contributed by atoms with Crippen LogP contribution in [0.2, 0.25) is 0 Å². The standard InChI is InChI=1S/C22H27N7O3/c1-21(2,3)27-19(30)16-11-17(29(28-16)18-13-23-9-10-24-18)15-8-7-14(12-25-15)26-20(31)32-22(4,5)6/h7-13H,1-6H3,(H,26,31)(H,27,30). The molecule has 2 N–H and O–H groups in total. The van der Waals surface area contributed by atoms with Crippen LogP contribution in [0, 0.1) is 0 Å². The minimum Gasteiger partial charge on any atom is -0.444 e. The van der Waals surface area contributed by atoms with E-state index in [-0.39, 0.29) is 11.6 Å². The van der Waals surface area contributed by atoms with Crippen LogP contribution >= 0.6 is 0 Å². The van der Waals surface area contributed by atoms with Gasteiger partial charge in [0.05, 0.1) is 29.5 Å². The fraction of sp³-hybridized carbons (Fsp3) is 0.364. The molecule has 0 aliphatic heterocycles. The van der Waals surface area contributed by atoms with Crippen molar-refractivity contribution < 1.29 is 14.3 Å². The van der Waals surface area contributed by atoms with Gasteiger partial charge < -0.3 is 10.1 Å². The first kappa shape index (κ1) is 22.9. The van der Waals surface area contributed by atoms with E-state index >= 15 is 0 Å². The molecule has 0 atom stereocenters. The van der Waals surface area contributed by atoms with E-state index in [1.165, 1.54) is 17.1 Å². The van der Waals surface area contributed by atoms with E-state index in [0.29, 0.717) is 22.9 Å². The highest BCUT2D eigenvalue weighted by Crippen LogP contribution is 2.23. The van der Waals surface area contributed by atoms with Crippen LogP contribution in [0.5, 0.6) is 0 Å². The maximum atomic E-state index is 12.7. The fourth-order valence-corrected chi connectivity index (χ4v) is 2.70. The molecule has 2 amide bonds. The summed E-state index contributed by atoms with van der Waals surface area (Å²) in [4.78, 5) is 37.4. The van der Waals surface area contributed by atoms with Crippen LogP contribution in [-0.2, 0) is 4.74 Å². The highest BCUT2D eigenvalue weighted by Gasteiger charge is 2.22. The van der Waals surface area contributed by atoms with Gasteiger partial charge >= 0.3 is 6.09 Å². The van der Waals surface area contributed by atoms with Crippen molar-refractivity contribution >= 4 is 17.7 Å². The zero-order valence-electron chi connectivity index (χ0n) is 19.0. The van der Waals surface area contributed by atoms with Crippen LogP contribution in [0.1, 0.15) is 52.0 Å². The summed E-state index contributed by atoms with van der Waals surface area (Å²) in [5.41, 5.74) is 0.754. The Labute approximate surface area is 186 Å². The van der Waals surface area contributed by atoms with Crippen LogP contribution in [0.3, 0.4) is 0 Å². The Morgan fingerprint density at radius 3 is 2.31 bits per heavy atom. The first-order chi connectivity index (χ1) is 14.9. The summed E-state index contributed by atoms with van der Waals surface area (Å²) in [5.74, 6) is 0.125. The Bertz CT molecular complexity index is 1100. The number of carbonyl (C=O) groups is 2. The highest BCUT2D eigenvalue weighted by atomic mass is 16.6. The summed E-state index contributed by atoms with van der Waals surface area (Å²) in [6.45, 7) is 11.0. The van der Waals surface area contributed by atoms with Crippen molar-refractivity contribution in [3.8, 4) is 17.2 Å². The number of amides is 2. The molecule has 0 fully saturated rings. The van der Waals surface area contributed by atoms with Gasteiger partial charge in [0.15, 0.2) is 11.5 Å². The molecular weight excluding hydrogens is 410 g/mol. The summed E-state index contributed by atoms with van der Waals surface area (Å²) in [7, 11) is 0. The van der Waals surface area contributed by atoms with Gasteiger partial charge in [-0.1, -0.05) is 0 Å². The molecule has 3 rings (SSSR count). The number of nitrogens with zero attached hydrogens (tertiary/aromatic N) is 5. The molecular formula is C22H27N7O3. The summed E-state index contributed by atoms with van der Waals surface area (Å²) in [5, 5.41) is 9.96. The second-order valence-electron chi connectivity index (χ2n) is 9.15. The van der Waals surface area contributed by atoms with E-state index < -0.39 is 17.2 Å². The second kappa shape index (κ2) is 8.74. The van der Waals surface area contributed by atoms with Gasteiger partial charge in [0.2, 0.25) is 0 Å². The van der Waals surface area contributed by atoms with E-state index in [1.54, 1.807) is 51.4 Å². The Hall–Kier alpha value is -3.82. The van der Waals surface area contributed by atoms with E-state index in [9.17, 15) is 9.59 Å². The molecule has 32 heavy (non-hydrogen) atoms. The predicted octanol–water partition coefficient (Wildman–Crippen LogP) is 3.60. The molecule has 0 unspecified atom stereocenters. The van der Waals surface area contributed by atoms with Crippen molar-refractivity contribution in [2.24, 2.45) is 0 Å². The molecule has 0 saturated heterocycles. The number of nitrogens with one attached hydrogen (secondary N) is 2. The average molecular weight is 438 g/mol. The molecule has 3 heterocycles. The maximum Gasteiger partial charge on any atom is 0.412 e. The Morgan fingerprint density at radius 2 is 1.75 bits per heavy atom. The number of aromatic nitrogens is 5. The minimum absolute atomic E-state index is 0.221. The molecule has 0 spiro atoms. The second-order valence-corrected chi connectivity index (χ2v) is 9.15. The lowest BCUT2D eigenvalue weighted by molar-refractivity contribution is 0.0635. The molecule has 168 valence electrons. The van der Waals surface area contributed by atoms with Crippen LogP contribution in [0.25, 0.3) is 17.2 Å². The number of anilines is 1. The van der Waals surface area contributed by atoms with Crippen LogP contribution in [-0.4, -0.2) is 47.9 Å². The third-order valence-electron chi connectivity index (χ3n) is 3.87. The van der Waals surface area contributed by atoms with Gasteiger partial charge in [-0.15, -0.1) is 0 Å². The topological polar surface area (TPSA) is 124 Å². The van der Waals surface area contributed by atoms with Crippen molar-refractivity contribution in [2.75, 3.05) is 5.32 Å². The van der Waals surface area contributed by atoms with Crippen LogP contribution in [0.15, 0.2) is 43.0 Å². The number of carbonyl (C=O) groups excluding carboxylic acids is 2. The van der Waals surface area contributed by atoms with E-state index in [0.717, 1.165) is 0 Å². The van der Waals surface area contributed by atoms with Gasteiger partial charge in [-0.05, 0) is 59.7 Å². The molecule has 0 saturated carbocycles. The van der Waals surface area contributed by atoms with Gasteiger partial charge in [0, 0.05) is 17.9 Å². The molecule has 10 nitrogen and oxygen atoms in total. The third-order valence-corrected chi connectivity index (χ3v) is 3.87. The van der Waals surface area contributed by atoms with Crippen molar-refractivity contribution in [3.63, 3.8) is 0 Å². The highest BCUT2D eigenvalue weighted by molar-refractivity contribution is 5.94. The molecule has 0 radical (unpaired) electrons. The number of pyridine rings is 1. The fourth-order valence-electron chi connectivity index (χ4n) is 2.70. The SMILES string of the molecule is CC(C)(C)NC(=O)c1cc(-c2ccc(NC(=O)OC(C)(C)C)cn2)n(-c2cnccn2)n1. The number of rotatable bonds is 4. The zero-order valence-corrected chi connectivity index (χ0v) is 19.0. The van der Waals surface area contributed by atoms with Gasteiger partial charge in [-0.2, -0.15) is 5.10 Å². The first-order valence-electron chi connectivity index (χ1n) is 10.1. The summed E-state index contributed by atoms with van der Waals surface area (Å²) < 4.78 is 6.76. The first-order valence-corrected chi connectivity index (χ1v) is 10.1. The Kier molecular flexibility index (Phi) is 6.24. The van der Waals surface area contributed by atoms with E-state index in [1.807, 2.05) is 20.8 Å². The molecule has 0 aliphatic carbocycles. The average Bonchev–Trinajstić information content (AvgIpc) is 3.12. The summed E-state index contributed by atoms with van der Waals surface area (Å²) in [6.07, 6.45) is 5.56. The van der Waals surface area contributed by atoms with Crippen molar-refractivity contribution in [2.45, 2.75) is 52.7 Å². The van der Waals surface area contributed by atoms with Crippen LogP contribution < -0.4 is 10.6 Å². The smallest absolute Gasteiger partial charge is 0.412 e. The maximum absolute atomic E-state index is 12.7.